The number of nitriles is 1. The molecule has 0 amide bonds. The first-order valence-corrected chi connectivity index (χ1v) is 5.99. The van der Waals surface area contributed by atoms with Crippen LogP contribution in [0.2, 0.25) is 0 Å². The predicted octanol–water partition coefficient (Wildman–Crippen LogP) is 1.90. The molecule has 1 aromatic rings. The van der Waals surface area contributed by atoms with Crippen molar-refractivity contribution in [1.82, 2.24) is 0 Å². The van der Waals surface area contributed by atoms with Gasteiger partial charge in [0.1, 0.15) is 11.0 Å². The molecule has 98 valence electrons. The van der Waals surface area contributed by atoms with Gasteiger partial charge in [0.05, 0.1) is 14.2 Å². The molecule has 0 N–H and O–H groups in total. The fraction of sp³-hybridized carbons (Fsp3) is 0.154. The number of ether oxygens (including phenoxy) is 2. The van der Waals surface area contributed by atoms with Crippen LogP contribution in [0.4, 0.5) is 0 Å². The van der Waals surface area contributed by atoms with Gasteiger partial charge in [-0.1, -0.05) is 30.0 Å². The Balaban J connectivity index is 3.22. The third-order valence-corrected chi connectivity index (χ3v) is 3.15. The topological polar surface area (TPSA) is 76.4 Å². The van der Waals surface area contributed by atoms with Crippen molar-refractivity contribution in [2.45, 2.75) is 4.90 Å². The Morgan fingerprint density at radius 1 is 1.11 bits per heavy atom. The van der Waals surface area contributed by atoms with Crippen LogP contribution in [-0.2, 0) is 19.1 Å². The molecule has 0 radical (unpaired) electrons. The summed E-state index contributed by atoms with van der Waals surface area (Å²) >= 11 is 0.980. The van der Waals surface area contributed by atoms with E-state index in [0.29, 0.717) is 4.90 Å². The van der Waals surface area contributed by atoms with Crippen LogP contribution in [0.3, 0.4) is 0 Å². The largest absolute Gasteiger partial charge is 0.465 e. The van der Waals surface area contributed by atoms with Crippen LogP contribution < -0.4 is 0 Å². The molecule has 1 aromatic carbocycles. The molecule has 1 rings (SSSR count). The summed E-state index contributed by atoms with van der Waals surface area (Å²) < 4.78 is 9.06. The molecular weight excluding hydrogens is 266 g/mol. The van der Waals surface area contributed by atoms with E-state index in [4.69, 9.17) is 5.26 Å². The van der Waals surface area contributed by atoms with Crippen molar-refractivity contribution < 1.29 is 19.1 Å². The number of methoxy groups -OCH3 is 2. The number of benzene rings is 1. The van der Waals surface area contributed by atoms with Crippen molar-refractivity contribution >= 4 is 23.7 Å². The van der Waals surface area contributed by atoms with Gasteiger partial charge in [-0.05, 0) is 12.1 Å². The Hall–Kier alpha value is -2.26. The number of carbonyl (C=O) groups excluding carboxylic acids is 2. The summed E-state index contributed by atoms with van der Waals surface area (Å²) in [5.74, 6) is -1.62. The van der Waals surface area contributed by atoms with Crippen LogP contribution in [0, 0.1) is 11.3 Å². The van der Waals surface area contributed by atoms with E-state index in [1.807, 2.05) is 6.07 Å². The minimum atomic E-state index is -0.869. The second-order valence-electron chi connectivity index (χ2n) is 3.21. The monoisotopic (exact) mass is 277 g/mol. The van der Waals surface area contributed by atoms with Gasteiger partial charge in [-0.2, -0.15) is 5.26 Å². The lowest BCUT2D eigenvalue weighted by atomic mass is 10.3. The van der Waals surface area contributed by atoms with E-state index in [2.05, 4.69) is 9.47 Å². The summed E-state index contributed by atoms with van der Waals surface area (Å²) in [6, 6.07) is 10.5. The van der Waals surface area contributed by atoms with Crippen LogP contribution in [0.25, 0.3) is 0 Å². The zero-order valence-corrected chi connectivity index (χ0v) is 11.2. The van der Waals surface area contributed by atoms with Crippen molar-refractivity contribution in [2.75, 3.05) is 14.2 Å². The van der Waals surface area contributed by atoms with Crippen molar-refractivity contribution in [3.8, 4) is 6.07 Å². The normalized spacial score (nSPS) is 11.0. The zero-order valence-electron chi connectivity index (χ0n) is 10.4. The summed E-state index contributed by atoms with van der Waals surface area (Å²) in [6.07, 6.45) is 0. The summed E-state index contributed by atoms with van der Waals surface area (Å²) in [5.41, 5.74) is -0.372. The standard InChI is InChI=1S/C13H11NO4S/c1-17-12(15)10(8-14)11(13(16)18-2)19-9-6-4-3-5-7-9/h3-7H,1-2H3/b11-10+. The van der Waals surface area contributed by atoms with E-state index in [-0.39, 0.29) is 10.5 Å². The minimum Gasteiger partial charge on any atom is -0.465 e. The summed E-state index contributed by atoms with van der Waals surface area (Å²) in [6.45, 7) is 0. The van der Waals surface area contributed by atoms with Crippen molar-refractivity contribution in [1.29, 1.82) is 5.26 Å². The molecule has 5 nitrogen and oxygen atoms in total. The van der Waals surface area contributed by atoms with Gasteiger partial charge in [-0.15, -0.1) is 0 Å². The third kappa shape index (κ3) is 3.86. The van der Waals surface area contributed by atoms with E-state index in [1.54, 1.807) is 30.3 Å². The number of esters is 2. The van der Waals surface area contributed by atoms with Crippen LogP contribution >= 0.6 is 11.8 Å². The van der Waals surface area contributed by atoms with Gasteiger partial charge in [0.25, 0.3) is 0 Å². The van der Waals surface area contributed by atoms with Gasteiger partial charge in [0.15, 0.2) is 5.57 Å². The van der Waals surface area contributed by atoms with E-state index >= 15 is 0 Å². The zero-order chi connectivity index (χ0) is 14.3. The molecule has 0 fully saturated rings. The second kappa shape index (κ2) is 7.24. The Labute approximate surface area is 114 Å². The van der Waals surface area contributed by atoms with Gasteiger partial charge in [-0.3, -0.25) is 0 Å². The Morgan fingerprint density at radius 3 is 2.16 bits per heavy atom. The molecule has 0 aliphatic heterocycles. The van der Waals surface area contributed by atoms with E-state index in [1.165, 1.54) is 7.11 Å². The van der Waals surface area contributed by atoms with Crippen molar-refractivity contribution in [2.24, 2.45) is 0 Å². The Morgan fingerprint density at radius 2 is 1.68 bits per heavy atom. The molecule has 19 heavy (non-hydrogen) atoms. The van der Waals surface area contributed by atoms with Crippen LogP contribution in [0.5, 0.6) is 0 Å². The number of carbonyl (C=O) groups is 2. The second-order valence-corrected chi connectivity index (χ2v) is 4.30. The average molecular weight is 277 g/mol. The van der Waals surface area contributed by atoms with Gasteiger partial charge in [-0.25, -0.2) is 9.59 Å². The first-order valence-electron chi connectivity index (χ1n) is 5.18. The lowest BCUT2D eigenvalue weighted by Gasteiger charge is -2.07. The molecule has 6 heteroatoms. The molecule has 0 spiro atoms. The maximum absolute atomic E-state index is 11.7. The van der Waals surface area contributed by atoms with Gasteiger partial charge >= 0.3 is 11.9 Å². The molecular formula is C13H11NO4S. The molecule has 0 saturated carbocycles. The molecule has 0 unspecified atom stereocenters. The lowest BCUT2D eigenvalue weighted by Crippen LogP contribution is -2.12. The highest BCUT2D eigenvalue weighted by Gasteiger charge is 2.23. The van der Waals surface area contributed by atoms with Gasteiger partial charge < -0.3 is 9.47 Å². The van der Waals surface area contributed by atoms with E-state index in [9.17, 15) is 9.59 Å². The molecule has 0 bridgehead atoms. The highest BCUT2D eigenvalue weighted by molar-refractivity contribution is 8.04. The Kier molecular flexibility index (Phi) is 5.64. The van der Waals surface area contributed by atoms with Crippen molar-refractivity contribution in [3.05, 3.63) is 40.8 Å². The molecule has 0 aromatic heterocycles. The fourth-order valence-corrected chi connectivity index (χ4v) is 2.11. The molecule has 0 atom stereocenters. The lowest BCUT2D eigenvalue weighted by molar-refractivity contribution is -0.138. The van der Waals surface area contributed by atoms with Crippen LogP contribution in [0.15, 0.2) is 45.7 Å². The average Bonchev–Trinajstić information content (AvgIpc) is 2.46. The first kappa shape index (κ1) is 14.8. The summed E-state index contributed by atoms with van der Waals surface area (Å²) in [4.78, 5) is 23.8. The fourth-order valence-electron chi connectivity index (χ4n) is 1.19. The highest BCUT2D eigenvalue weighted by atomic mass is 32.2. The SMILES string of the molecule is COC(=O)/C(C#N)=C(/Sc1ccccc1)C(=O)OC. The molecule has 0 saturated heterocycles. The number of nitrogens with zero attached hydrogens (tertiary/aromatic N) is 1. The molecule has 0 aliphatic rings. The maximum Gasteiger partial charge on any atom is 0.350 e. The number of thioether (sulfide) groups is 1. The highest BCUT2D eigenvalue weighted by Crippen LogP contribution is 2.30. The molecule has 0 heterocycles. The van der Waals surface area contributed by atoms with Crippen LogP contribution in [0.1, 0.15) is 0 Å². The Bertz CT molecular complexity index is 546. The van der Waals surface area contributed by atoms with Gasteiger partial charge in [0.2, 0.25) is 0 Å². The first-order chi connectivity index (χ1) is 9.13. The smallest absolute Gasteiger partial charge is 0.350 e. The van der Waals surface area contributed by atoms with Crippen molar-refractivity contribution in [3.63, 3.8) is 0 Å². The molecule has 0 aliphatic carbocycles. The number of rotatable bonds is 4. The number of hydrogen-bond acceptors (Lipinski definition) is 6. The minimum absolute atomic E-state index is 0.0944. The van der Waals surface area contributed by atoms with E-state index < -0.39 is 11.9 Å². The maximum atomic E-state index is 11.7. The van der Waals surface area contributed by atoms with Crippen LogP contribution in [-0.4, -0.2) is 26.2 Å². The summed E-state index contributed by atoms with van der Waals surface area (Å²) in [5, 5.41) is 8.99. The third-order valence-electron chi connectivity index (χ3n) is 2.06. The quantitative estimate of drug-likeness (QED) is 0.362. The number of hydrogen-bond donors (Lipinski definition) is 0. The van der Waals surface area contributed by atoms with E-state index in [0.717, 1.165) is 18.9 Å². The predicted molar refractivity (Wildman–Crippen MR) is 69.0 cm³/mol. The summed E-state index contributed by atoms with van der Waals surface area (Å²) in [7, 11) is 2.32. The van der Waals surface area contributed by atoms with Gasteiger partial charge in [0, 0.05) is 4.90 Å².